The molecule has 218 valence electrons. The van der Waals surface area contributed by atoms with E-state index in [9.17, 15) is 4.79 Å². The molecule has 0 aromatic heterocycles. The topological polar surface area (TPSA) is 89.9 Å². The summed E-state index contributed by atoms with van der Waals surface area (Å²) < 4.78 is 0. The number of ketones is 1. The number of benzene rings is 4. The molecule has 0 fully saturated rings. The van der Waals surface area contributed by atoms with Crippen LogP contribution in [0.15, 0.2) is 125 Å². The third-order valence-electron chi connectivity index (χ3n) is 6.80. The van der Waals surface area contributed by atoms with Crippen LogP contribution in [0.3, 0.4) is 0 Å². The molecule has 4 aromatic carbocycles. The highest BCUT2D eigenvalue weighted by atomic mass is 32.1. The van der Waals surface area contributed by atoms with Gasteiger partial charge >= 0.3 is 0 Å². The van der Waals surface area contributed by atoms with Crippen LogP contribution >= 0.6 is 31.7 Å². The number of carbonyl (C=O) groups excluding carboxylic acids is 1. The summed E-state index contributed by atoms with van der Waals surface area (Å²) in [7, 11) is -0.419. The second-order valence-corrected chi connectivity index (χ2v) is 13.9. The van der Waals surface area contributed by atoms with Crippen LogP contribution in [-0.2, 0) is 0 Å². The van der Waals surface area contributed by atoms with E-state index in [2.05, 4.69) is 104 Å². The van der Waals surface area contributed by atoms with Crippen molar-refractivity contribution in [3.05, 3.63) is 126 Å². The SMILES string of the molecule is CNC(=S)N/N=C(/C(C)=N/NC(=S)NC[P+](c1ccccc1)(c1ccccc1)c1ccccc1)c1ccc(C(C)=O)cc1. The van der Waals surface area contributed by atoms with Crippen LogP contribution in [0.1, 0.15) is 29.8 Å². The fourth-order valence-corrected chi connectivity index (χ4v) is 8.72. The number of hydrogen-bond donors (Lipinski definition) is 4. The van der Waals surface area contributed by atoms with E-state index in [1.165, 1.54) is 22.8 Å². The molecule has 0 aliphatic carbocycles. The van der Waals surface area contributed by atoms with E-state index < -0.39 is 7.26 Å². The molecule has 0 aliphatic rings. The molecule has 4 aromatic rings. The number of hydrazone groups is 2. The van der Waals surface area contributed by atoms with Gasteiger partial charge in [-0.2, -0.15) is 10.2 Å². The highest BCUT2D eigenvalue weighted by Crippen LogP contribution is 2.54. The number of nitrogens with one attached hydrogen (secondary N) is 4. The third-order valence-corrected chi connectivity index (χ3v) is 11.5. The van der Waals surface area contributed by atoms with E-state index in [4.69, 9.17) is 24.4 Å². The second-order valence-electron chi connectivity index (χ2n) is 9.57. The maximum Gasteiger partial charge on any atom is 0.189 e. The standard InChI is InChI=1S/C33H33N6OPS2/c1-24(31(37-38-32(42)34-3)27-21-19-26(20-22-27)25(2)40)36-39-33(43)35-23-41(28-13-7-4-8-14-28,29-15-9-5-10-16-29)30-17-11-6-12-18-30/h4-22H,23H2,1-3H3,(H3-,34,35,36,37,38,39,40,42,43)/p+1. The molecular formula is C33H34N6OPS2+. The Balaban J connectivity index is 1.61. The summed E-state index contributed by atoms with van der Waals surface area (Å²) in [5.41, 5.74) is 8.32. The smallest absolute Gasteiger partial charge is 0.189 e. The number of rotatable bonds is 10. The average Bonchev–Trinajstić information content (AvgIpc) is 3.05. The van der Waals surface area contributed by atoms with Crippen molar-refractivity contribution in [1.29, 1.82) is 0 Å². The normalized spacial score (nSPS) is 11.8. The molecule has 0 spiro atoms. The van der Waals surface area contributed by atoms with Crippen LogP contribution in [0.4, 0.5) is 0 Å². The Bertz CT molecular complexity index is 1520. The van der Waals surface area contributed by atoms with E-state index >= 15 is 0 Å². The number of hydrogen-bond acceptors (Lipinski definition) is 5. The van der Waals surface area contributed by atoms with Crippen molar-refractivity contribution in [3.63, 3.8) is 0 Å². The van der Waals surface area contributed by atoms with Crippen LogP contribution < -0.4 is 37.4 Å². The first-order valence-electron chi connectivity index (χ1n) is 13.7. The fourth-order valence-electron chi connectivity index (χ4n) is 4.57. The van der Waals surface area contributed by atoms with Crippen molar-refractivity contribution < 1.29 is 4.79 Å². The zero-order chi connectivity index (χ0) is 30.7. The zero-order valence-electron chi connectivity index (χ0n) is 24.2. The van der Waals surface area contributed by atoms with Gasteiger partial charge in [0, 0.05) is 18.2 Å². The predicted molar refractivity (Wildman–Crippen MR) is 190 cm³/mol. The lowest BCUT2D eigenvalue weighted by atomic mass is 10.0. The molecule has 10 heteroatoms. The second kappa shape index (κ2) is 15.3. The lowest BCUT2D eigenvalue weighted by Crippen LogP contribution is -2.42. The first-order chi connectivity index (χ1) is 20.8. The fraction of sp³-hybridized carbons (Fsp3) is 0.121. The maximum atomic E-state index is 11.8. The van der Waals surface area contributed by atoms with Gasteiger partial charge in [0.2, 0.25) is 0 Å². The Morgan fingerprint density at radius 1 is 0.651 bits per heavy atom. The summed E-state index contributed by atoms with van der Waals surface area (Å²) >= 11 is 10.9. The first-order valence-corrected chi connectivity index (χ1v) is 16.4. The van der Waals surface area contributed by atoms with E-state index in [1.807, 2.05) is 37.3 Å². The van der Waals surface area contributed by atoms with Gasteiger partial charge in [-0.15, -0.1) is 0 Å². The van der Waals surface area contributed by atoms with Crippen molar-refractivity contribution in [3.8, 4) is 0 Å². The number of carbonyl (C=O) groups is 1. The largest absolute Gasteiger partial charge is 0.364 e. The zero-order valence-corrected chi connectivity index (χ0v) is 26.8. The lowest BCUT2D eigenvalue weighted by molar-refractivity contribution is 0.101. The van der Waals surface area contributed by atoms with Gasteiger partial charge in [0.1, 0.15) is 35.2 Å². The molecule has 0 aliphatic heterocycles. The minimum absolute atomic E-state index is 0.0107. The average molecular weight is 626 g/mol. The summed E-state index contributed by atoms with van der Waals surface area (Å²) in [6.07, 6.45) is 0.594. The lowest BCUT2D eigenvalue weighted by Gasteiger charge is -2.28. The molecule has 0 bridgehead atoms. The molecule has 0 heterocycles. The number of thiocarbonyl (C=S) groups is 2. The summed E-state index contributed by atoms with van der Waals surface area (Å²) in [5.74, 6) is -0.0107. The Labute approximate surface area is 264 Å². The summed E-state index contributed by atoms with van der Waals surface area (Å²) in [6.45, 7) is 3.36. The highest BCUT2D eigenvalue weighted by molar-refractivity contribution is 7.95. The summed E-state index contributed by atoms with van der Waals surface area (Å²) in [6, 6.07) is 38.9. The highest BCUT2D eigenvalue weighted by Gasteiger charge is 2.45. The molecule has 0 atom stereocenters. The van der Waals surface area contributed by atoms with Crippen molar-refractivity contribution in [2.24, 2.45) is 10.2 Å². The van der Waals surface area contributed by atoms with Crippen LogP contribution in [-0.4, -0.2) is 40.8 Å². The van der Waals surface area contributed by atoms with Gasteiger partial charge in [-0.25, -0.2) is 0 Å². The summed E-state index contributed by atoms with van der Waals surface area (Å²) in [4.78, 5) is 11.8. The van der Waals surface area contributed by atoms with Gasteiger partial charge in [0.25, 0.3) is 0 Å². The molecule has 0 unspecified atom stereocenters. The molecule has 0 amide bonds. The molecule has 0 radical (unpaired) electrons. The van der Waals surface area contributed by atoms with Crippen LogP contribution in [0.25, 0.3) is 0 Å². The van der Waals surface area contributed by atoms with Gasteiger partial charge in [-0.05, 0) is 74.7 Å². The minimum atomic E-state index is -2.13. The Morgan fingerprint density at radius 3 is 1.53 bits per heavy atom. The Morgan fingerprint density at radius 2 is 1.09 bits per heavy atom. The van der Waals surface area contributed by atoms with E-state index in [1.54, 1.807) is 19.2 Å². The van der Waals surface area contributed by atoms with Crippen molar-refractivity contribution >= 4 is 75.0 Å². The van der Waals surface area contributed by atoms with Gasteiger partial charge in [-0.1, -0.05) is 78.9 Å². The Kier molecular flexibility index (Phi) is 11.2. The molecular weight excluding hydrogens is 592 g/mol. The number of nitrogens with zero attached hydrogens (tertiary/aromatic N) is 2. The van der Waals surface area contributed by atoms with E-state index in [0.717, 1.165) is 5.56 Å². The third kappa shape index (κ3) is 7.96. The van der Waals surface area contributed by atoms with Crippen molar-refractivity contribution in [2.45, 2.75) is 13.8 Å². The van der Waals surface area contributed by atoms with Crippen molar-refractivity contribution in [1.82, 2.24) is 21.5 Å². The predicted octanol–water partition coefficient (Wildman–Crippen LogP) is 4.48. The summed E-state index contributed by atoms with van der Waals surface area (Å²) in [5, 5.41) is 19.8. The van der Waals surface area contributed by atoms with Gasteiger partial charge < -0.3 is 10.6 Å². The van der Waals surface area contributed by atoms with E-state index in [-0.39, 0.29) is 5.78 Å². The molecule has 0 saturated heterocycles. The van der Waals surface area contributed by atoms with Crippen LogP contribution in [0, 0.1) is 0 Å². The van der Waals surface area contributed by atoms with E-state index in [0.29, 0.717) is 33.5 Å². The minimum Gasteiger partial charge on any atom is -0.364 e. The van der Waals surface area contributed by atoms with Crippen LogP contribution in [0.5, 0.6) is 0 Å². The Hall–Kier alpha value is -4.30. The molecule has 43 heavy (non-hydrogen) atoms. The molecule has 4 rings (SSSR count). The first kappa shape index (κ1) is 31.6. The molecule has 4 N–H and O–H groups in total. The maximum absolute atomic E-state index is 11.8. The van der Waals surface area contributed by atoms with Gasteiger partial charge in [0.05, 0.1) is 5.71 Å². The molecule has 7 nitrogen and oxygen atoms in total. The van der Waals surface area contributed by atoms with Crippen LogP contribution in [0.2, 0.25) is 0 Å². The molecule has 0 saturated carbocycles. The van der Waals surface area contributed by atoms with Gasteiger partial charge in [0.15, 0.2) is 16.0 Å². The van der Waals surface area contributed by atoms with Crippen molar-refractivity contribution in [2.75, 3.05) is 13.3 Å². The van der Waals surface area contributed by atoms with Gasteiger partial charge in [-0.3, -0.25) is 15.6 Å². The quantitative estimate of drug-likeness (QED) is 0.0680. The number of Topliss-reactive ketones (excluding diaryl/α,β-unsaturated/α-hetero) is 1. The monoisotopic (exact) mass is 625 g/mol.